The largest absolute Gasteiger partial charge is 0.292 e. The zero-order valence-electron chi connectivity index (χ0n) is 14.8. The Balaban J connectivity index is 1.94. The minimum absolute atomic E-state index is 0.101. The molecule has 7 nitrogen and oxygen atoms in total. The highest BCUT2D eigenvalue weighted by Gasteiger charge is 2.19. The third-order valence-corrected chi connectivity index (χ3v) is 3.91. The molecule has 0 fully saturated rings. The summed E-state index contributed by atoms with van der Waals surface area (Å²) in [6.07, 6.45) is 1.34. The number of hydrogen-bond acceptors (Lipinski definition) is 5. The number of benzene rings is 2. The monoisotopic (exact) mass is 375 g/mol. The molecule has 0 radical (unpaired) electrons. The van der Waals surface area contributed by atoms with Gasteiger partial charge in [0.1, 0.15) is 17.4 Å². The van der Waals surface area contributed by atoms with Crippen LogP contribution < -0.4 is 11.0 Å². The van der Waals surface area contributed by atoms with Gasteiger partial charge in [-0.1, -0.05) is 30.3 Å². The van der Waals surface area contributed by atoms with E-state index in [9.17, 15) is 19.2 Å². The highest BCUT2D eigenvalue weighted by molar-refractivity contribution is 5.94. The van der Waals surface area contributed by atoms with E-state index in [2.05, 4.69) is 15.6 Å². The number of halogens is 1. The zero-order chi connectivity index (χ0) is 20.1. The minimum atomic E-state index is -0.683. The molecule has 138 valence electrons. The first kappa shape index (κ1) is 18.7. The van der Waals surface area contributed by atoms with Gasteiger partial charge >= 0.3 is 0 Å². The minimum Gasteiger partial charge on any atom is -0.266 e. The Morgan fingerprint density at radius 3 is 2.54 bits per heavy atom. The van der Waals surface area contributed by atoms with Crippen LogP contribution in [0.15, 0.2) is 64.5 Å². The van der Waals surface area contributed by atoms with E-state index in [0.717, 1.165) is 4.68 Å². The molecule has 1 heterocycles. The second-order valence-corrected chi connectivity index (χ2v) is 5.76. The fourth-order valence-electron chi connectivity index (χ4n) is 2.46. The molecule has 2 aromatic carbocycles. The molecule has 0 spiro atoms. The molecule has 0 aliphatic heterocycles. The zero-order valence-corrected chi connectivity index (χ0v) is 14.8. The topological polar surface area (TPSA) is 100 Å². The van der Waals surface area contributed by atoms with Crippen molar-refractivity contribution in [2.45, 2.75) is 6.92 Å². The number of amides is 1. The Labute approximate surface area is 159 Å². The van der Waals surface area contributed by atoms with Crippen LogP contribution in [0.2, 0.25) is 0 Å². The second kappa shape index (κ2) is 8.05. The Hall–Kier alpha value is -4.12. The van der Waals surface area contributed by atoms with E-state index in [0.29, 0.717) is 11.3 Å². The summed E-state index contributed by atoms with van der Waals surface area (Å²) in [5.41, 5.74) is 2.58. The van der Waals surface area contributed by atoms with Crippen LogP contribution in [-0.4, -0.2) is 21.9 Å². The highest BCUT2D eigenvalue weighted by atomic mass is 19.1. The van der Waals surface area contributed by atoms with Crippen LogP contribution >= 0.6 is 0 Å². The van der Waals surface area contributed by atoms with Crippen molar-refractivity contribution in [2.24, 2.45) is 5.10 Å². The predicted molar refractivity (Wildman–Crippen MR) is 101 cm³/mol. The molecule has 8 heteroatoms. The summed E-state index contributed by atoms with van der Waals surface area (Å²) in [5.74, 6) is -1.06. The van der Waals surface area contributed by atoms with Gasteiger partial charge in [-0.3, -0.25) is 9.59 Å². The van der Waals surface area contributed by atoms with Crippen LogP contribution in [0.1, 0.15) is 27.2 Å². The van der Waals surface area contributed by atoms with Crippen molar-refractivity contribution in [3.63, 3.8) is 0 Å². The van der Waals surface area contributed by atoms with Gasteiger partial charge in [-0.2, -0.15) is 20.1 Å². The van der Waals surface area contributed by atoms with Crippen LogP contribution in [0.4, 0.5) is 4.39 Å². The van der Waals surface area contributed by atoms with Gasteiger partial charge in [-0.25, -0.2) is 9.82 Å². The van der Waals surface area contributed by atoms with E-state index < -0.39 is 11.5 Å². The SMILES string of the molecule is Cc1c(C(=O)N/N=C/c2ccc(F)cc2)nn(-c2ccccc2)c(=O)c1C#N. The van der Waals surface area contributed by atoms with Gasteiger partial charge in [0.25, 0.3) is 11.5 Å². The van der Waals surface area contributed by atoms with Crippen molar-refractivity contribution in [2.75, 3.05) is 0 Å². The lowest BCUT2D eigenvalue weighted by Crippen LogP contribution is -2.31. The summed E-state index contributed by atoms with van der Waals surface area (Å²) in [6.45, 7) is 1.47. The number of carbonyl (C=O) groups excluding carboxylic acids is 1. The van der Waals surface area contributed by atoms with E-state index in [1.807, 2.05) is 6.07 Å². The number of hydrazone groups is 1. The number of rotatable bonds is 4. The first-order chi connectivity index (χ1) is 13.5. The maximum Gasteiger partial charge on any atom is 0.292 e. The molecule has 3 rings (SSSR count). The van der Waals surface area contributed by atoms with Crippen molar-refractivity contribution >= 4 is 12.1 Å². The van der Waals surface area contributed by atoms with Gasteiger partial charge in [-0.15, -0.1) is 0 Å². The average molecular weight is 375 g/mol. The van der Waals surface area contributed by atoms with Crippen LogP contribution in [0, 0.1) is 24.1 Å². The smallest absolute Gasteiger partial charge is 0.266 e. The van der Waals surface area contributed by atoms with E-state index in [1.54, 1.807) is 30.3 Å². The van der Waals surface area contributed by atoms with Gasteiger partial charge < -0.3 is 0 Å². The predicted octanol–water partition coefficient (Wildman–Crippen LogP) is 2.32. The van der Waals surface area contributed by atoms with Crippen LogP contribution in [0.25, 0.3) is 5.69 Å². The lowest BCUT2D eigenvalue weighted by Gasteiger charge is -2.10. The van der Waals surface area contributed by atoms with E-state index in [4.69, 9.17) is 0 Å². The number of carbonyl (C=O) groups is 1. The van der Waals surface area contributed by atoms with Crippen LogP contribution in [-0.2, 0) is 0 Å². The summed E-state index contributed by atoms with van der Waals surface area (Å²) in [6, 6.07) is 15.8. The first-order valence-corrected chi connectivity index (χ1v) is 8.19. The number of para-hydroxylation sites is 1. The fraction of sp³-hybridized carbons (Fsp3) is 0.0500. The number of hydrogen-bond donors (Lipinski definition) is 1. The molecule has 0 unspecified atom stereocenters. The van der Waals surface area contributed by atoms with Crippen molar-refractivity contribution in [3.8, 4) is 11.8 Å². The molecule has 1 N–H and O–H groups in total. The average Bonchev–Trinajstić information content (AvgIpc) is 2.70. The Morgan fingerprint density at radius 2 is 1.89 bits per heavy atom. The van der Waals surface area contributed by atoms with E-state index in [-0.39, 0.29) is 22.6 Å². The van der Waals surface area contributed by atoms with E-state index >= 15 is 0 Å². The Bertz CT molecular complexity index is 1150. The quantitative estimate of drug-likeness (QED) is 0.559. The number of nitrogens with one attached hydrogen (secondary N) is 1. The lowest BCUT2D eigenvalue weighted by atomic mass is 10.1. The molecule has 0 saturated heterocycles. The summed E-state index contributed by atoms with van der Waals surface area (Å²) in [5, 5.41) is 17.3. The molecule has 0 aliphatic carbocycles. The molecule has 0 saturated carbocycles. The normalized spacial score (nSPS) is 10.6. The van der Waals surface area contributed by atoms with Crippen molar-refractivity contribution in [1.29, 1.82) is 5.26 Å². The van der Waals surface area contributed by atoms with Gasteiger partial charge in [0.05, 0.1) is 11.9 Å². The first-order valence-electron chi connectivity index (χ1n) is 8.19. The van der Waals surface area contributed by atoms with Crippen molar-refractivity contribution < 1.29 is 9.18 Å². The van der Waals surface area contributed by atoms with Gasteiger partial charge in [0.2, 0.25) is 0 Å². The Kier molecular flexibility index (Phi) is 5.37. The van der Waals surface area contributed by atoms with Gasteiger partial charge in [0, 0.05) is 5.56 Å². The highest BCUT2D eigenvalue weighted by Crippen LogP contribution is 2.10. The number of aromatic nitrogens is 2. The van der Waals surface area contributed by atoms with Gasteiger partial charge in [-0.05, 0) is 36.8 Å². The van der Waals surface area contributed by atoms with Gasteiger partial charge in [0.15, 0.2) is 5.69 Å². The summed E-state index contributed by atoms with van der Waals surface area (Å²) in [7, 11) is 0. The maximum atomic E-state index is 12.9. The van der Waals surface area contributed by atoms with E-state index in [1.165, 1.54) is 37.4 Å². The molecule has 0 aliphatic rings. The molecule has 0 bridgehead atoms. The third-order valence-electron chi connectivity index (χ3n) is 3.91. The lowest BCUT2D eigenvalue weighted by molar-refractivity contribution is 0.0947. The summed E-state index contributed by atoms with van der Waals surface area (Å²) < 4.78 is 13.9. The second-order valence-electron chi connectivity index (χ2n) is 5.76. The van der Waals surface area contributed by atoms with Crippen LogP contribution in [0.3, 0.4) is 0 Å². The third kappa shape index (κ3) is 3.83. The maximum absolute atomic E-state index is 12.9. The number of nitrogens with zero attached hydrogens (tertiary/aromatic N) is 4. The summed E-state index contributed by atoms with van der Waals surface area (Å²) in [4.78, 5) is 25.0. The standard InChI is InChI=1S/C20H14FN5O2/c1-13-17(11-22)20(28)26(16-5-3-2-4-6-16)25-18(13)19(27)24-23-12-14-7-9-15(21)10-8-14/h2-10,12H,1H3,(H,24,27)/b23-12+. The van der Waals surface area contributed by atoms with Crippen molar-refractivity contribution in [3.05, 3.63) is 93.2 Å². The molecule has 0 atom stereocenters. The molecule has 28 heavy (non-hydrogen) atoms. The molecular formula is C20H14FN5O2. The molecule has 1 aromatic heterocycles. The molecular weight excluding hydrogens is 361 g/mol. The molecule has 1 amide bonds. The fourth-order valence-corrected chi connectivity index (χ4v) is 2.46. The summed E-state index contributed by atoms with van der Waals surface area (Å²) >= 11 is 0. The molecule has 3 aromatic rings. The number of nitriles is 1. The van der Waals surface area contributed by atoms with Crippen molar-refractivity contribution in [1.82, 2.24) is 15.2 Å². The Morgan fingerprint density at radius 1 is 1.21 bits per heavy atom. The van der Waals surface area contributed by atoms with Crippen LogP contribution in [0.5, 0.6) is 0 Å².